The Kier molecular flexibility index (Phi) is 4.72. The van der Waals surface area contributed by atoms with Crippen LogP contribution >= 0.6 is 11.6 Å². The molecule has 10 heteroatoms. The fourth-order valence-corrected chi connectivity index (χ4v) is 5.67. The van der Waals surface area contributed by atoms with E-state index in [4.69, 9.17) is 11.6 Å². The lowest BCUT2D eigenvalue weighted by Gasteiger charge is -2.16. The van der Waals surface area contributed by atoms with Gasteiger partial charge in [-0.3, -0.25) is 9.52 Å². The fraction of sp³-hybridized carbons (Fsp3) is 0.188. The van der Waals surface area contributed by atoms with Gasteiger partial charge in [-0.05, 0) is 42.5 Å². The molecule has 138 valence electrons. The lowest BCUT2D eigenvalue weighted by atomic mass is 10.2. The van der Waals surface area contributed by atoms with Crippen LogP contribution < -0.4 is 9.03 Å². The second-order valence-electron chi connectivity index (χ2n) is 5.89. The molecule has 0 saturated carbocycles. The highest BCUT2D eigenvalue weighted by atomic mass is 35.5. The molecule has 1 N–H and O–H groups in total. The molecule has 0 aromatic heterocycles. The minimum absolute atomic E-state index is 0.0710. The monoisotopic (exact) mass is 414 g/mol. The molecule has 0 spiro atoms. The molecule has 1 aliphatic rings. The van der Waals surface area contributed by atoms with Crippen molar-refractivity contribution in [3.05, 3.63) is 53.6 Å². The Morgan fingerprint density at radius 1 is 1.15 bits per heavy atom. The molecule has 0 bridgehead atoms. The van der Waals surface area contributed by atoms with Crippen molar-refractivity contribution in [1.29, 1.82) is 0 Å². The molecule has 0 unspecified atom stereocenters. The number of hydrogen-bond donors (Lipinski definition) is 1. The minimum atomic E-state index is -3.88. The van der Waals surface area contributed by atoms with Gasteiger partial charge >= 0.3 is 0 Å². The van der Waals surface area contributed by atoms with Gasteiger partial charge in [-0.15, -0.1) is 0 Å². The summed E-state index contributed by atoms with van der Waals surface area (Å²) < 4.78 is 52.2. The van der Waals surface area contributed by atoms with Crippen molar-refractivity contribution in [2.24, 2.45) is 5.92 Å². The number of carbonyl (C=O) groups excluding carboxylic acids is 1. The molecule has 1 amide bonds. The zero-order valence-corrected chi connectivity index (χ0v) is 16.0. The minimum Gasteiger partial charge on any atom is -0.280 e. The molecule has 2 aromatic rings. The van der Waals surface area contributed by atoms with Gasteiger partial charge in [0.2, 0.25) is 15.9 Å². The summed E-state index contributed by atoms with van der Waals surface area (Å²) in [5.74, 6) is -1.42. The van der Waals surface area contributed by atoms with Crippen molar-refractivity contribution in [2.75, 3.05) is 14.8 Å². The number of hydrogen-bond acceptors (Lipinski definition) is 5. The molecular weight excluding hydrogens is 400 g/mol. The van der Waals surface area contributed by atoms with Crippen LogP contribution in [0.5, 0.6) is 0 Å². The zero-order valence-electron chi connectivity index (χ0n) is 13.6. The Morgan fingerprint density at radius 3 is 2.35 bits per heavy atom. The summed E-state index contributed by atoms with van der Waals surface area (Å²) in [7, 11) is -7.62. The topological polar surface area (TPSA) is 101 Å². The van der Waals surface area contributed by atoms with Gasteiger partial charge in [-0.2, -0.15) is 0 Å². The van der Waals surface area contributed by atoms with Crippen LogP contribution in [0.1, 0.15) is 6.92 Å². The first kappa shape index (κ1) is 18.7. The van der Waals surface area contributed by atoms with Crippen LogP contribution in [0.4, 0.5) is 11.4 Å². The van der Waals surface area contributed by atoms with Gasteiger partial charge in [0.25, 0.3) is 10.0 Å². The van der Waals surface area contributed by atoms with Crippen molar-refractivity contribution in [2.45, 2.75) is 11.8 Å². The highest BCUT2D eigenvalue weighted by Crippen LogP contribution is 2.29. The average molecular weight is 415 g/mol. The summed E-state index contributed by atoms with van der Waals surface area (Å²) >= 11 is 5.84. The number of amides is 1. The first-order valence-electron chi connectivity index (χ1n) is 7.55. The van der Waals surface area contributed by atoms with Crippen LogP contribution in [0.2, 0.25) is 5.02 Å². The lowest BCUT2D eigenvalue weighted by Crippen LogP contribution is -2.30. The maximum Gasteiger partial charge on any atom is 0.261 e. The van der Waals surface area contributed by atoms with Gasteiger partial charge in [-0.1, -0.05) is 24.6 Å². The Morgan fingerprint density at radius 2 is 1.81 bits per heavy atom. The number of halogens is 1. The normalized spacial score (nSPS) is 19.5. The second-order valence-corrected chi connectivity index (χ2v) is 9.87. The van der Waals surface area contributed by atoms with Gasteiger partial charge in [-0.25, -0.2) is 21.1 Å². The van der Waals surface area contributed by atoms with Crippen molar-refractivity contribution >= 4 is 48.9 Å². The quantitative estimate of drug-likeness (QED) is 0.828. The molecule has 1 fully saturated rings. The van der Waals surface area contributed by atoms with Gasteiger partial charge < -0.3 is 0 Å². The number of carbonyl (C=O) groups is 1. The average Bonchev–Trinajstić information content (AvgIpc) is 2.74. The summed E-state index contributed by atoms with van der Waals surface area (Å²) in [6.07, 6.45) is 0. The Hall–Kier alpha value is -2.10. The van der Waals surface area contributed by atoms with E-state index in [0.717, 1.165) is 4.31 Å². The highest BCUT2D eigenvalue weighted by Gasteiger charge is 2.41. The molecule has 1 saturated heterocycles. The van der Waals surface area contributed by atoms with Crippen LogP contribution in [0, 0.1) is 5.92 Å². The van der Waals surface area contributed by atoms with Crippen molar-refractivity contribution in [3.63, 3.8) is 0 Å². The Bertz CT molecular complexity index is 1070. The van der Waals surface area contributed by atoms with E-state index in [1.54, 1.807) is 18.2 Å². The van der Waals surface area contributed by atoms with Crippen LogP contribution in [0.15, 0.2) is 53.4 Å². The zero-order chi connectivity index (χ0) is 19.1. The Balaban J connectivity index is 1.89. The summed E-state index contributed by atoms with van der Waals surface area (Å²) in [6, 6.07) is 11.3. The number of sulfonamides is 2. The van der Waals surface area contributed by atoms with E-state index in [-0.39, 0.29) is 16.3 Å². The number of anilines is 2. The third kappa shape index (κ3) is 3.55. The molecule has 1 atom stereocenters. The number of benzene rings is 2. The molecule has 2 aromatic carbocycles. The van der Waals surface area contributed by atoms with Crippen molar-refractivity contribution in [3.8, 4) is 0 Å². The maximum atomic E-state index is 12.4. The summed E-state index contributed by atoms with van der Waals surface area (Å²) in [5.41, 5.74) is 0.411. The summed E-state index contributed by atoms with van der Waals surface area (Å²) in [5, 5.41) is 0.382. The van der Waals surface area contributed by atoms with Crippen LogP contribution in [0.3, 0.4) is 0 Å². The van der Waals surface area contributed by atoms with Gasteiger partial charge in [0.15, 0.2) is 0 Å². The second kappa shape index (κ2) is 6.57. The van der Waals surface area contributed by atoms with E-state index in [1.165, 1.54) is 37.3 Å². The van der Waals surface area contributed by atoms with Crippen LogP contribution in [-0.2, 0) is 24.8 Å². The fourth-order valence-electron chi connectivity index (χ4n) is 2.61. The van der Waals surface area contributed by atoms with Gasteiger partial charge in [0.05, 0.1) is 27.9 Å². The standard InChI is InChI=1S/C16H15ClN2O5S2/c1-11-10-25(21,22)19(16(11)20)14-5-7-15(8-6-14)26(23,24)18-13-4-2-3-12(17)9-13/h2-9,11,18H,10H2,1H3/t11-/m0/s1. The number of nitrogens with one attached hydrogen (secondary N) is 1. The van der Waals surface area contributed by atoms with E-state index < -0.39 is 31.9 Å². The van der Waals surface area contributed by atoms with Gasteiger partial charge in [0, 0.05) is 5.02 Å². The smallest absolute Gasteiger partial charge is 0.261 e. The van der Waals surface area contributed by atoms with Gasteiger partial charge in [0.1, 0.15) is 0 Å². The van der Waals surface area contributed by atoms with E-state index in [9.17, 15) is 21.6 Å². The Labute approximate surface area is 156 Å². The number of rotatable bonds is 4. The largest absolute Gasteiger partial charge is 0.280 e. The third-order valence-corrected chi connectivity index (χ3v) is 7.32. The van der Waals surface area contributed by atoms with E-state index in [1.807, 2.05) is 0 Å². The number of nitrogens with zero attached hydrogens (tertiary/aromatic N) is 1. The highest BCUT2D eigenvalue weighted by molar-refractivity contribution is 7.94. The molecule has 0 radical (unpaired) electrons. The predicted molar refractivity (Wildman–Crippen MR) is 99.1 cm³/mol. The maximum absolute atomic E-state index is 12.4. The molecular formula is C16H15ClN2O5S2. The van der Waals surface area contributed by atoms with Crippen LogP contribution in [-0.4, -0.2) is 28.5 Å². The SMILES string of the molecule is C[C@H]1CS(=O)(=O)N(c2ccc(S(=O)(=O)Nc3cccc(Cl)c3)cc2)C1=O. The first-order chi connectivity index (χ1) is 12.1. The molecule has 3 rings (SSSR count). The van der Waals surface area contributed by atoms with Crippen LogP contribution in [0.25, 0.3) is 0 Å². The summed E-state index contributed by atoms with van der Waals surface area (Å²) in [6.45, 7) is 1.54. The first-order valence-corrected chi connectivity index (χ1v) is 11.0. The predicted octanol–water partition coefficient (Wildman–Crippen LogP) is 2.45. The molecule has 26 heavy (non-hydrogen) atoms. The molecule has 1 heterocycles. The van der Waals surface area contributed by atoms with Crippen molar-refractivity contribution < 1.29 is 21.6 Å². The third-order valence-electron chi connectivity index (χ3n) is 3.82. The molecule has 7 nitrogen and oxygen atoms in total. The lowest BCUT2D eigenvalue weighted by molar-refractivity contribution is -0.119. The van der Waals surface area contributed by atoms with E-state index in [2.05, 4.69) is 4.72 Å². The van der Waals surface area contributed by atoms with E-state index >= 15 is 0 Å². The molecule has 1 aliphatic heterocycles. The van der Waals surface area contributed by atoms with Crippen molar-refractivity contribution in [1.82, 2.24) is 0 Å². The summed E-state index contributed by atoms with van der Waals surface area (Å²) in [4.78, 5) is 12.0. The molecule has 0 aliphatic carbocycles. The van der Waals surface area contributed by atoms with E-state index in [0.29, 0.717) is 10.7 Å².